The number of rotatable bonds is 7. The van der Waals surface area contributed by atoms with E-state index in [1.165, 1.54) is 6.08 Å². The molecule has 0 spiro atoms. The van der Waals surface area contributed by atoms with Gasteiger partial charge in [0.1, 0.15) is 6.29 Å². The molecule has 2 rings (SSSR count). The van der Waals surface area contributed by atoms with E-state index < -0.39 is 5.97 Å². The van der Waals surface area contributed by atoms with E-state index in [0.29, 0.717) is 11.7 Å². The third-order valence-electron chi connectivity index (χ3n) is 3.71. The first-order chi connectivity index (χ1) is 8.72. The number of fused-ring (bicyclic) bond motifs is 2. The van der Waals surface area contributed by atoms with Crippen LogP contribution in [0.25, 0.3) is 0 Å². The summed E-state index contributed by atoms with van der Waals surface area (Å²) in [5.41, 5.74) is 0. The van der Waals surface area contributed by atoms with Crippen LogP contribution in [-0.2, 0) is 14.3 Å². The lowest BCUT2D eigenvalue weighted by atomic mass is 9.79. The van der Waals surface area contributed by atoms with Crippen molar-refractivity contribution < 1.29 is 19.4 Å². The Morgan fingerprint density at radius 2 is 2.17 bits per heavy atom. The molecule has 0 unspecified atom stereocenters. The van der Waals surface area contributed by atoms with Gasteiger partial charge < -0.3 is 14.6 Å². The summed E-state index contributed by atoms with van der Waals surface area (Å²) in [4.78, 5) is 21.3. The number of aldehydes is 1. The molecule has 2 fully saturated rings. The van der Waals surface area contributed by atoms with Crippen LogP contribution in [0.1, 0.15) is 19.3 Å². The van der Waals surface area contributed by atoms with Crippen LogP contribution < -0.4 is 0 Å². The van der Waals surface area contributed by atoms with E-state index in [4.69, 9.17) is 9.84 Å². The molecule has 0 aromatic heterocycles. The lowest BCUT2D eigenvalue weighted by Gasteiger charge is -2.23. The summed E-state index contributed by atoms with van der Waals surface area (Å²) in [6.07, 6.45) is 7.42. The van der Waals surface area contributed by atoms with Crippen molar-refractivity contribution in [2.45, 2.75) is 31.5 Å². The molecule has 0 amide bonds. The summed E-state index contributed by atoms with van der Waals surface area (Å²) >= 11 is 1.70. The fourth-order valence-corrected chi connectivity index (χ4v) is 3.74. The van der Waals surface area contributed by atoms with Gasteiger partial charge in [0.15, 0.2) is 0 Å². The minimum atomic E-state index is -0.905. The van der Waals surface area contributed by atoms with E-state index in [0.717, 1.165) is 31.3 Å². The van der Waals surface area contributed by atoms with E-state index in [1.807, 2.05) is 0 Å². The minimum absolute atomic E-state index is 0.0823. The highest BCUT2D eigenvalue weighted by molar-refractivity contribution is 7.99. The smallest absolute Gasteiger partial charge is 0.328 e. The fraction of sp³-hybridized carbons (Fsp3) is 0.692. The predicted molar refractivity (Wildman–Crippen MR) is 69.7 cm³/mol. The van der Waals surface area contributed by atoms with Crippen LogP contribution >= 0.6 is 11.8 Å². The quantitative estimate of drug-likeness (QED) is 0.434. The Bertz CT molecular complexity index is 342. The molecule has 0 aliphatic carbocycles. The van der Waals surface area contributed by atoms with E-state index in [2.05, 4.69) is 0 Å². The molecule has 1 N–H and O–H groups in total. The zero-order valence-electron chi connectivity index (χ0n) is 10.2. The van der Waals surface area contributed by atoms with Gasteiger partial charge in [0.2, 0.25) is 0 Å². The molecule has 2 bridgehead atoms. The van der Waals surface area contributed by atoms with Gasteiger partial charge in [-0.1, -0.05) is 6.08 Å². The summed E-state index contributed by atoms with van der Waals surface area (Å²) in [5.74, 6) is 1.21. The van der Waals surface area contributed by atoms with Crippen LogP contribution in [0.4, 0.5) is 0 Å². The highest BCUT2D eigenvalue weighted by Crippen LogP contribution is 2.44. The standard InChI is InChI=1S/C13H18O4S/c14-8-10-9(11-3-4-12(10)17-11)5-7-18-6-1-2-13(15)16/h1-2,8-12H,3-7H2,(H,15,16)/t9-,10+,11-,12+/m1/s1. The van der Waals surface area contributed by atoms with Crippen LogP contribution in [0.5, 0.6) is 0 Å². The fourth-order valence-electron chi connectivity index (χ4n) is 2.90. The van der Waals surface area contributed by atoms with Crippen LogP contribution in [-0.4, -0.2) is 41.1 Å². The third-order valence-corrected chi connectivity index (χ3v) is 4.67. The zero-order chi connectivity index (χ0) is 13.0. The molecule has 100 valence electrons. The number of ether oxygens (including phenoxy) is 1. The van der Waals surface area contributed by atoms with Crippen molar-refractivity contribution in [3.05, 3.63) is 12.2 Å². The monoisotopic (exact) mass is 270 g/mol. The van der Waals surface area contributed by atoms with Gasteiger partial charge in [-0.2, -0.15) is 11.8 Å². The molecule has 0 aromatic rings. The lowest BCUT2D eigenvalue weighted by Crippen LogP contribution is -2.28. The number of carbonyl (C=O) groups is 2. The van der Waals surface area contributed by atoms with E-state index >= 15 is 0 Å². The SMILES string of the molecule is O=C[C@H]1[C@@H](CCSCC=CC(=O)O)[C@H]2CC[C@@H]1O2. The first-order valence-corrected chi connectivity index (χ1v) is 7.46. The van der Waals surface area contributed by atoms with Gasteiger partial charge in [0.05, 0.1) is 12.2 Å². The molecule has 0 radical (unpaired) electrons. The van der Waals surface area contributed by atoms with Crippen LogP contribution in [0, 0.1) is 11.8 Å². The Morgan fingerprint density at radius 3 is 2.89 bits per heavy atom. The van der Waals surface area contributed by atoms with Gasteiger partial charge in [0, 0.05) is 17.7 Å². The van der Waals surface area contributed by atoms with Gasteiger partial charge in [-0.25, -0.2) is 4.79 Å². The molecule has 2 saturated heterocycles. The second-order valence-electron chi connectivity index (χ2n) is 4.77. The Labute approximate surface area is 111 Å². The maximum atomic E-state index is 11.1. The summed E-state index contributed by atoms with van der Waals surface area (Å²) in [6, 6.07) is 0. The molecule has 2 aliphatic rings. The van der Waals surface area contributed by atoms with Crippen LogP contribution in [0.15, 0.2) is 12.2 Å². The molecule has 4 nitrogen and oxygen atoms in total. The van der Waals surface area contributed by atoms with Crippen molar-refractivity contribution in [3.63, 3.8) is 0 Å². The topological polar surface area (TPSA) is 63.6 Å². The number of carboxylic acids is 1. The van der Waals surface area contributed by atoms with Crippen LogP contribution in [0.3, 0.4) is 0 Å². The van der Waals surface area contributed by atoms with Gasteiger partial charge >= 0.3 is 5.97 Å². The first kappa shape index (κ1) is 13.6. The first-order valence-electron chi connectivity index (χ1n) is 6.30. The Morgan fingerprint density at radius 1 is 1.39 bits per heavy atom. The number of hydrogen-bond acceptors (Lipinski definition) is 4. The van der Waals surface area contributed by atoms with E-state index in [1.54, 1.807) is 17.8 Å². The van der Waals surface area contributed by atoms with Crippen LogP contribution in [0.2, 0.25) is 0 Å². The third kappa shape index (κ3) is 3.14. The molecule has 4 atom stereocenters. The molecule has 18 heavy (non-hydrogen) atoms. The highest BCUT2D eigenvalue weighted by atomic mass is 32.2. The Balaban J connectivity index is 1.67. The zero-order valence-corrected chi connectivity index (χ0v) is 11.0. The maximum Gasteiger partial charge on any atom is 0.328 e. The lowest BCUT2D eigenvalue weighted by molar-refractivity contribution is -0.131. The highest BCUT2D eigenvalue weighted by Gasteiger charge is 2.48. The van der Waals surface area contributed by atoms with Crippen molar-refractivity contribution >= 4 is 24.0 Å². The minimum Gasteiger partial charge on any atom is -0.478 e. The van der Waals surface area contributed by atoms with Gasteiger partial charge in [-0.15, -0.1) is 0 Å². The molecular formula is C13H18O4S. The van der Waals surface area contributed by atoms with E-state index in [-0.39, 0.29) is 18.1 Å². The average Bonchev–Trinajstić information content (AvgIpc) is 2.93. The van der Waals surface area contributed by atoms with E-state index in [9.17, 15) is 9.59 Å². The molecule has 2 aliphatic heterocycles. The largest absolute Gasteiger partial charge is 0.478 e. The van der Waals surface area contributed by atoms with Crippen molar-refractivity contribution in [3.8, 4) is 0 Å². The number of carboxylic acid groups (broad SMARTS) is 1. The Hall–Kier alpha value is -0.810. The Kier molecular flexibility index (Phi) is 4.83. The molecular weight excluding hydrogens is 252 g/mol. The molecule has 0 saturated carbocycles. The summed E-state index contributed by atoms with van der Waals surface area (Å²) in [7, 11) is 0. The number of hydrogen-bond donors (Lipinski definition) is 1. The number of carbonyl (C=O) groups excluding carboxylic acids is 1. The maximum absolute atomic E-state index is 11.1. The van der Waals surface area contributed by atoms with Gasteiger partial charge in [-0.3, -0.25) is 0 Å². The van der Waals surface area contributed by atoms with Crippen molar-refractivity contribution in [2.75, 3.05) is 11.5 Å². The van der Waals surface area contributed by atoms with Crippen molar-refractivity contribution in [2.24, 2.45) is 11.8 Å². The molecule has 2 heterocycles. The van der Waals surface area contributed by atoms with Gasteiger partial charge in [-0.05, 0) is 30.9 Å². The second-order valence-corrected chi connectivity index (χ2v) is 5.92. The summed E-state index contributed by atoms with van der Waals surface area (Å²) in [6.45, 7) is 0. The normalized spacial score (nSPS) is 34.2. The average molecular weight is 270 g/mol. The summed E-state index contributed by atoms with van der Waals surface area (Å²) < 4.78 is 5.77. The molecule has 0 aromatic carbocycles. The second kappa shape index (κ2) is 6.38. The van der Waals surface area contributed by atoms with Crippen molar-refractivity contribution in [1.82, 2.24) is 0 Å². The van der Waals surface area contributed by atoms with Gasteiger partial charge in [0.25, 0.3) is 0 Å². The number of aliphatic carboxylic acids is 1. The molecule has 5 heteroatoms. The predicted octanol–water partition coefficient (Wildman–Crippen LogP) is 1.74. The summed E-state index contributed by atoms with van der Waals surface area (Å²) in [5, 5.41) is 8.43. The number of thioether (sulfide) groups is 1. The van der Waals surface area contributed by atoms with Crippen molar-refractivity contribution in [1.29, 1.82) is 0 Å².